The van der Waals surface area contributed by atoms with Gasteiger partial charge in [-0.2, -0.15) is 0 Å². The molecule has 0 aliphatic rings. The van der Waals surface area contributed by atoms with Crippen molar-refractivity contribution in [2.24, 2.45) is 0 Å². The summed E-state index contributed by atoms with van der Waals surface area (Å²) in [6, 6.07) is 5.07. The fourth-order valence-corrected chi connectivity index (χ4v) is 1.46. The van der Waals surface area contributed by atoms with Crippen molar-refractivity contribution in [2.75, 3.05) is 0 Å². The zero-order chi connectivity index (χ0) is 11.4. The molecule has 0 bridgehead atoms. The van der Waals surface area contributed by atoms with Gasteiger partial charge in [0.05, 0.1) is 6.10 Å². The molecule has 0 fully saturated rings. The van der Waals surface area contributed by atoms with E-state index in [4.69, 9.17) is 0 Å². The lowest BCUT2D eigenvalue weighted by atomic mass is 9.99. The van der Waals surface area contributed by atoms with E-state index in [0.29, 0.717) is 17.5 Å². The monoisotopic (exact) mass is 208 g/mol. The van der Waals surface area contributed by atoms with Crippen LogP contribution in [0.5, 0.6) is 0 Å². The Balaban J connectivity index is 2.86. The van der Waals surface area contributed by atoms with E-state index in [1.165, 1.54) is 0 Å². The van der Waals surface area contributed by atoms with E-state index in [0.717, 1.165) is 12.0 Å². The standard InChI is InChI=1S/C13H17FO/c1-4-9(2)8-12(15)11-7-5-6-10(3)13(11)14/h5-7,12,15H,2,4,8H2,1,3H3. The Kier molecular flexibility index (Phi) is 4.04. The number of hydrogen-bond acceptors (Lipinski definition) is 1. The van der Waals surface area contributed by atoms with Crippen LogP contribution in [0.4, 0.5) is 4.39 Å². The third-order valence-corrected chi connectivity index (χ3v) is 2.56. The van der Waals surface area contributed by atoms with E-state index >= 15 is 0 Å². The Morgan fingerprint density at radius 1 is 1.53 bits per heavy atom. The van der Waals surface area contributed by atoms with Crippen molar-refractivity contribution in [1.29, 1.82) is 0 Å². The summed E-state index contributed by atoms with van der Waals surface area (Å²) in [6.07, 6.45) is 0.457. The molecular formula is C13H17FO. The van der Waals surface area contributed by atoms with Crippen LogP contribution in [0.1, 0.15) is 37.0 Å². The van der Waals surface area contributed by atoms with Crippen LogP contribution in [-0.4, -0.2) is 5.11 Å². The Morgan fingerprint density at radius 2 is 2.20 bits per heavy atom. The lowest BCUT2D eigenvalue weighted by molar-refractivity contribution is 0.172. The van der Waals surface area contributed by atoms with Gasteiger partial charge in [0.25, 0.3) is 0 Å². The largest absolute Gasteiger partial charge is 0.388 e. The summed E-state index contributed by atoms with van der Waals surface area (Å²) in [4.78, 5) is 0. The minimum Gasteiger partial charge on any atom is -0.388 e. The molecule has 0 radical (unpaired) electrons. The van der Waals surface area contributed by atoms with Gasteiger partial charge in [-0.25, -0.2) is 4.39 Å². The van der Waals surface area contributed by atoms with Gasteiger partial charge in [-0.3, -0.25) is 0 Å². The van der Waals surface area contributed by atoms with Gasteiger partial charge in [0, 0.05) is 5.56 Å². The maximum Gasteiger partial charge on any atom is 0.131 e. The van der Waals surface area contributed by atoms with Gasteiger partial charge in [0.15, 0.2) is 0 Å². The fourth-order valence-electron chi connectivity index (χ4n) is 1.46. The van der Waals surface area contributed by atoms with Gasteiger partial charge in [-0.05, 0) is 25.3 Å². The number of hydrogen-bond donors (Lipinski definition) is 1. The summed E-state index contributed by atoms with van der Waals surface area (Å²) in [5.41, 5.74) is 1.86. The Bertz CT molecular complexity index is 358. The predicted octanol–water partition coefficient (Wildman–Crippen LogP) is 3.52. The molecule has 82 valence electrons. The molecule has 1 unspecified atom stereocenters. The average molecular weight is 208 g/mol. The van der Waals surface area contributed by atoms with Gasteiger partial charge in [0.2, 0.25) is 0 Å². The van der Waals surface area contributed by atoms with E-state index < -0.39 is 6.10 Å². The number of benzene rings is 1. The number of aliphatic hydroxyl groups is 1. The number of halogens is 1. The van der Waals surface area contributed by atoms with Crippen LogP contribution in [0, 0.1) is 12.7 Å². The maximum atomic E-state index is 13.6. The van der Waals surface area contributed by atoms with Crippen molar-refractivity contribution >= 4 is 0 Å². The Hall–Kier alpha value is -1.15. The van der Waals surface area contributed by atoms with Gasteiger partial charge < -0.3 is 5.11 Å². The molecule has 0 saturated heterocycles. The zero-order valence-electron chi connectivity index (χ0n) is 9.26. The summed E-state index contributed by atoms with van der Waals surface area (Å²) in [5, 5.41) is 9.83. The van der Waals surface area contributed by atoms with E-state index in [9.17, 15) is 9.50 Å². The van der Waals surface area contributed by atoms with Gasteiger partial charge in [0.1, 0.15) is 5.82 Å². The second-order valence-electron chi connectivity index (χ2n) is 3.80. The molecule has 1 nitrogen and oxygen atoms in total. The van der Waals surface area contributed by atoms with Crippen molar-refractivity contribution in [2.45, 2.75) is 32.8 Å². The van der Waals surface area contributed by atoms with E-state index in [1.807, 2.05) is 6.92 Å². The minimum absolute atomic E-state index is 0.311. The third-order valence-electron chi connectivity index (χ3n) is 2.56. The first kappa shape index (κ1) is 11.9. The molecule has 0 aliphatic heterocycles. The van der Waals surface area contributed by atoms with Crippen LogP contribution < -0.4 is 0 Å². The SMILES string of the molecule is C=C(CC)CC(O)c1cccc(C)c1F. The lowest BCUT2D eigenvalue weighted by Gasteiger charge is -2.13. The van der Waals surface area contributed by atoms with Crippen molar-refractivity contribution in [3.05, 3.63) is 47.3 Å². The normalized spacial score (nSPS) is 12.5. The van der Waals surface area contributed by atoms with Crippen LogP contribution >= 0.6 is 0 Å². The molecule has 0 heterocycles. The average Bonchev–Trinajstić information content (AvgIpc) is 2.21. The minimum atomic E-state index is -0.780. The smallest absolute Gasteiger partial charge is 0.131 e. The van der Waals surface area contributed by atoms with E-state index in [1.54, 1.807) is 25.1 Å². The van der Waals surface area contributed by atoms with Crippen LogP contribution in [0.15, 0.2) is 30.4 Å². The summed E-state index contributed by atoms with van der Waals surface area (Å²) >= 11 is 0. The zero-order valence-corrected chi connectivity index (χ0v) is 9.26. The van der Waals surface area contributed by atoms with Crippen molar-refractivity contribution < 1.29 is 9.50 Å². The Morgan fingerprint density at radius 3 is 2.80 bits per heavy atom. The van der Waals surface area contributed by atoms with Gasteiger partial charge in [-0.1, -0.05) is 37.3 Å². The fraction of sp³-hybridized carbons (Fsp3) is 0.385. The number of aliphatic hydroxyl groups excluding tert-OH is 1. The van der Waals surface area contributed by atoms with E-state index in [-0.39, 0.29) is 5.82 Å². The highest BCUT2D eigenvalue weighted by molar-refractivity contribution is 5.27. The summed E-state index contributed by atoms with van der Waals surface area (Å²) < 4.78 is 13.6. The third kappa shape index (κ3) is 2.90. The molecule has 0 amide bonds. The van der Waals surface area contributed by atoms with Crippen LogP contribution in [0.25, 0.3) is 0 Å². The molecule has 1 atom stereocenters. The molecule has 2 heteroatoms. The van der Waals surface area contributed by atoms with Crippen LogP contribution in [0.3, 0.4) is 0 Å². The summed E-state index contributed by atoms with van der Waals surface area (Å²) in [5.74, 6) is -0.311. The van der Waals surface area contributed by atoms with Crippen LogP contribution in [0.2, 0.25) is 0 Å². The number of aryl methyl sites for hydroxylation is 1. The quantitative estimate of drug-likeness (QED) is 0.750. The lowest BCUT2D eigenvalue weighted by Crippen LogP contribution is -2.03. The van der Waals surface area contributed by atoms with Crippen LogP contribution in [-0.2, 0) is 0 Å². The molecular weight excluding hydrogens is 191 g/mol. The molecule has 1 rings (SSSR count). The predicted molar refractivity (Wildman–Crippen MR) is 60.1 cm³/mol. The molecule has 15 heavy (non-hydrogen) atoms. The van der Waals surface area contributed by atoms with Gasteiger partial charge in [-0.15, -0.1) is 0 Å². The maximum absolute atomic E-state index is 13.6. The molecule has 0 aromatic heterocycles. The van der Waals surface area contributed by atoms with E-state index in [2.05, 4.69) is 6.58 Å². The molecule has 1 aromatic carbocycles. The second kappa shape index (κ2) is 5.08. The highest BCUT2D eigenvalue weighted by Crippen LogP contribution is 2.25. The Labute approximate surface area is 90.3 Å². The first-order valence-electron chi connectivity index (χ1n) is 5.16. The molecule has 0 saturated carbocycles. The molecule has 0 spiro atoms. The topological polar surface area (TPSA) is 20.2 Å². The first-order chi connectivity index (χ1) is 7.06. The van der Waals surface area contributed by atoms with Crippen molar-refractivity contribution in [1.82, 2.24) is 0 Å². The van der Waals surface area contributed by atoms with Crippen molar-refractivity contribution in [3.63, 3.8) is 0 Å². The summed E-state index contributed by atoms with van der Waals surface area (Å²) in [6.45, 7) is 7.48. The molecule has 1 N–H and O–H groups in total. The molecule has 0 aliphatic carbocycles. The summed E-state index contributed by atoms with van der Waals surface area (Å²) in [7, 11) is 0. The second-order valence-corrected chi connectivity index (χ2v) is 3.80. The molecule has 1 aromatic rings. The highest BCUT2D eigenvalue weighted by Gasteiger charge is 2.14. The highest BCUT2D eigenvalue weighted by atomic mass is 19.1. The number of rotatable bonds is 4. The van der Waals surface area contributed by atoms with Crippen molar-refractivity contribution in [3.8, 4) is 0 Å². The van der Waals surface area contributed by atoms with Gasteiger partial charge >= 0.3 is 0 Å². The first-order valence-corrected chi connectivity index (χ1v) is 5.16.